The highest BCUT2D eigenvalue weighted by atomic mass is 16.2. The van der Waals surface area contributed by atoms with Crippen molar-refractivity contribution in [1.29, 1.82) is 5.26 Å². The van der Waals surface area contributed by atoms with Gasteiger partial charge in [-0.2, -0.15) is 5.26 Å². The van der Waals surface area contributed by atoms with E-state index in [-0.39, 0.29) is 11.4 Å². The van der Waals surface area contributed by atoms with Crippen molar-refractivity contribution >= 4 is 17.3 Å². The van der Waals surface area contributed by atoms with Crippen LogP contribution >= 0.6 is 0 Å². The summed E-state index contributed by atoms with van der Waals surface area (Å²) in [6.07, 6.45) is 1.57. The van der Waals surface area contributed by atoms with Gasteiger partial charge in [0.05, 0.1) is 11.9 Å². The van der Waals surface area contributed by atoms with Gasteiger partial charge in [0.15, 0.2) is 5.56 Å². The zero-order valence-corrected chi connectivity index (χ0v) is 12.8. The van der Waals surface area contributed by atoms with Gasteiger partial charge >= 0.3 is 5.69 Å². The fraction of sp³-hybridized carbons (Fsp3) is 0.286. The van der Waals surface area contributed by atoms with Crippen LogP contribution in [0.4, 0.5) is 17.3 Å². The summed E-state index contributed by atoms with van der Waals surface area (Å²) in [5.41, 5.74) is -0.693. The van der Waals surface area contributed by atoms with Crippen molar-refractivity contribution in [2.24, 2.45) is 14.1 Å². The maximum absolute atomic E-state index is 12.0. The topological polar surface area (TPSA) is 96.0 Å². The first-order valence-corrected chi connectivity index (χ1v) is 6.47. The SMILES string of the molecule is CN(C)c1ccc(Nc2c(C#N)c(=O)n(C)c(=O)n2C)cn1. The summed E-state index contributed by atoms with van der Waals surface area (Å²) in [5.74, 6) is 0.916. The molecule has 0 amide bonds. The third-order valence-corrected chi connectivity index (χ3v) is 3.25. The summed E-state index contributed by atoms with van der Waals surface area (Å²) in [4.78, 5) is 30.0. The van der Waals surface area contributed by atoms with E-state index in [2.05, 4.69) is 10.3 Å². The van der Waals surface area contributed by atoms with Gasteiger partial charge in [0.2, 0.25) is 0 Å². The number of anilines is 3. The van der Waals surface area contributed by atoms with Crippen molar-refractivity contribution in [2.45, 2.75) is 0 Å². The van der Waals surface area contributed by atoms with E-state index in [9.17, 15) is 14.9 Å². The minimum Gasteiger partial charge on any atom is -0.363 e. The lowest BCUT2D eigenvalue weighted by molar-refractivity contribution is 0.689. The third kappa shape index (κ3) is 2.56. The van der Waals surface area contributed by atoms with Gasteiger partial charge in [0.25, 0.3) is 5.56 Å². The van der Waals surface area contributed by atoms with E-state index in [4.69, 9.17) is 0 Å². The van der Waals surface area contributed by atoms with Crippen LogP contribution in [0.1, 0.15) is 5.56 Å². The lowest BCUT2D eigenvalue weighted by Crippen LogP contribution is -2.39. The van der Waals surface area contributed by atoms with Crippen molar-refractivity contribution in [1.82, 2.24) is 14.1 Å². The minimum absolute atomic E-state index is 0.124. The zero-order chi connectivity index (χ0) is 16.4. The molecule has 2 rings (SSSR count). The van der Waals surface area contributed by atoms with Crippen molar-refractivity contribution in [3.63, 3.8) is 0 Å². The van der Waals surface area contributed by atoms with Crippen LogP contribution in [0.5, 0.6) is 0 Å². The van der Waals surface area contributed by atoms with E-state index < -0.39 is 11.2 Å². The Morgan fingerprint density at radius 1 is 1.23 bits per heavy atom. The van der Waals surface area contributed by atoms with Crippen LogP contribution in [0.25, 0.3) is 0 Å². The van der Waals surface area contributed by atoms with Crippen LogP contribution in [0, 0.1) is 11.3 Å². The summed E-state index contributed by atoms with van der Waals surface area (Å²) in [5, 5.41) is 12.1. The predicted molar refractivity (Wildman–Crippen MR) is 83.5 cm³/mol. The molecule has 0 saturated heterocycles. The first-order chi connectivity index (χ1) is 10.4. The van der Waals surface area contributed by atoms with Gasteiger partial charge in [-0.15, -0.1) is 0 Å². The Labute approximate surface area is 126 Å². The van der Waals surface area contributed by atoms with Crippen LogP contribution in [0.2, 0.25) is 0 Å². The molecule has 0 aliphatic carbocycles. The van der Waals surface area contributed by atoms with Gasteiger partial charge < -0.3 is 10.2 Å². The van der Waals surface area contributed by atoms with Crippen LogP contribution in [0.15, 0.2) is 27.9 Å². The predicted octanol–water partition coefficient (Wildman–Crippen LogP) is 0.160. The maximum atomic E-state index is 12.0. The van der Waals surface area contributed by atoms with E-state index in [0.717, 1.165) is 10.4 Å². The fourth-order valence-corrected chi connectivity index (χ4v) is 1.95. The lowest BCUT2D eigenvalue weighted by atomic mass is 10.3. The molecule has 0 radical (unpaired) electrons. The Morgan fingerprint density at radius 3 is 2.41 bits per heavy atom. The summed E-state index contributed by atoms with van der Waals surface area (Å²) >= 11 is 0. The highest BCUT2D eigenvalue weighted by molar-refractivity contribution is 5.62. The molecule has 0 aliphatic heterocycles. The molecule has 0 atom stereocenters. The highest BCUT2D eigenvalue weighted by Crippen LogP contribution is 2.18. The van der Waals surface area contributed by atoms with Gasteiger partial charge in [0, 0.05) is 28.2 Å². The van der Waals surface area contributed by atoms with Gasteiger partial charge in [-0.05, 0) is 12.1 Å². The first kappa shape index (κ1) is 15.3. The second-order valence-electron chi connectivity index (χ2n) is 4.97. The van der Waals surface area contributed by atoms with Crippen LogP contribution in [-0.2, 0) is 14.1 Å². The molecule has 0 bridgehead atoms. The molecule has 2 aromatic heterocycles. The van der Waals surface area contributed by atoms with E-state index in [1.165, 1.54) is 18.7 Å². The molecule has 0 aromatic carbocycles. The number of hydrogen-bond donors (Lipinski definition) is 1. The monoisotopic (exact) mass is 300 g/mol. The van der Waals surface area contributed by atoms with E-state index in [1.54, 1.807) is 18.3 Å². The lowest BCUT2D eigenvalue weighted by Gasteiger charge is -2.15. The Kier molecular flexibility index (Phi) is 3.99. The van der Waals surface area contributed by atoms with E-state index in [1.807, 2.05) is 25.1 Å². The van der Waals surface area contributed by atoms with Gasteiger partial charge in [0.1, 0.15) is 17.7 Å². The Morgan fingerprint density at radius 2 is 1.91 bits per heavy atom. The second-order valence-corrected chi connectivity index (χ2v) is 4.97. The third-order valence-electron chi connectivity index (χ3n) is 3.25. The van der Waals surface area contributed by atoms with Crippen LogP contribution in [0.3, 0.4) is 0 Å². The number of aromatic nitrogens is 3. The second kappa shape index (κ2) is 5.73. The number of rotatable bonds is 3. The summed E-state index contributed by atoms with van der Waals surface area (Å²) in [6, 6.07) is 5.38. The van der Waals surface area contributed by atoms with Crippen LogP contribution in [-0.4, -0.2) is 28.2 Å². The molecule has 8 nitrogen and oxygen atoms in total. The summed E-state index contributed by atoms with van der Waals surface area (Å²) in [7, 11) is 6.57. The Balaban J connectivity index is 2.52. The number of nitrogens with one attached hydrogen (secondary N) is 1. The molecule has 114 valence electrons. The number of hydrogen-bond acceptors (Lipinski definition) is 6. The van der Waals surface area contributed by atoms with E-state index >= 15 is 0 Å². The molecule has 0 spiro atoms. The van der Waals surface area contributed by atoms with Crippen LogP contribution < -0.4 is 21.5 Å². The largest absolute Gasteiger partial charge is 0.363 e. The maximum Gasteiger partial charge on any atom is 0.332 e. The number of pyridine rings is 1. The summed E-state index contributed by atoms with van der Waals surface area (Å²) < 4.78 is 2.12. The molecule has 0 aliphatic rings. The van der Waals surface area contributed by atoms with Crippen molar-refractivity contribution in [3.8, 4) is 6.07 Å². The molecule has 8 heteroatoms. The molecule has 22 heavy (non-hydrogen) atoms. The molecular formula is C14H16N6O2. The molecule has 0 saturated carbocycles. The quantitative estimate of drug-likeness (QED) is 0.867. The van der Waals surface area contributed by atoms with Gasteiger partial charge in [-0.3, -0.25) is 13.9 Å². The molecule has 0 unspecified atom stereocenters. The normalized spacial score (nSPS) is 10.1. The zero-order valence-electron chi connectivity index (χ0n) is 12.8. The molecule has 2 aromatic rings. The van der Waals surface area contributed by atoms with E-state index in [0.29, 0.717) is 5.69 Å². The minimum atomic E-state index is -0.633. The molecular weight excluding hydrogens is 284 g/mol. The number of nitrogens with zero attached hydrogens (tertiary/aromatic N) is 5. The van der Waals surface area contributed by atoms with Gasteiger partial charge in [-0.1, -0.05) is 0 Å². The van der Waals surface area contributed by atoms with Gasteiger partial charge in [-0.25, -0.2) is 9.78 Å². The Hall–Kier alpha value is -3.08. The number of nitriles is 1. The average Bonchev–Trinajstić information content (AvgIpc) is 2.51. The Bertz CT molecular complexity index is 855. The molecule has 0 fully saturated rings. The van der Waals surface area contributed by atoms with Crippen molar-refractivity contribution < 1.29 is 0 Å². The fourth-order valence-electron chi connectivity index (χ4n) is 1.95. The van der Waals surface area contributed by atoms with Crippen molar-refractivity contribution in [3.05, 3.63) is 44.7 Å². The summed E-state index contributed by atoms with van der Waals surface area (Å²) in [6.45, 7) is 0. The molecule has 1 N–H and O–H groups in total. The van der Waals surface area contributed by atoms with Crippen molar-refractivity contribution in [2.75, 3.05) is 24.3 Å². The average molecular weight is 300 g/mol. The standard InChI is InChI=1S/C14H16N6O2/c1-18(2)11-6-5-9(8-16-11)17-12-10(7-15)13(21)20(4)14(22)19(12)3/h5-6,8,17H,1-4H3. The smallest absolute Gasteiger partial charge is 0.332 e. The highest BCUT2D eigenvalue weighted by Gasteiger charge is 2.15. The first-order valence-electron chi connectivity index (χ1n) is 6.47. The molecule has 2 heterocycles.